The third kappa shape index (κ3) is 12.0. The number of hydrogen-bond acceptors (Lipinski definition) is 2. The highest BCUT2D eigenvalue weighted by molar-refractivity contribution is 7.25. The number of rotatable bonds is 10. The molecule has 5 unspecified atom stereocenters. The summed E-state index contributed by atoms with van der Waals surface area (Å²) in [6, 6.07) is 165. The van der Waals surface area contributed by atoms with Crippen molar-refractivity contribution in [3.63, 3.8) is 0 Å². The van der Waals surface area contributed by atoms with Gasteiger partial charge in [-0.3, -0.25) is 0 Å². The van der Waals surface area contributed by atoms with E-state index in [2.05, 4.69) is 455 Å². The largest absolute Gasteiger partial charge is 0.455 e. The maximum atomic E-state index is 7.17. The molecule has 5 atom stereocenters. The van der Waals surface area contributed by atoms with Crippen LogP contribution < -0.4 is 0 Å². The van der Waals surface area contributed by atoms with Crippen LogP contribution in [0.25, 0.3) is 241 Å². The molecule has 0 saturated heterocycles. The summed E-state index contributed by atoms with van der Waals surface area (Å²) in [5, 5.41) is 14.9. The van der Waals surface area contributed by atoms with Crippen molar-refractivity contribution in [1.29, 1.82) is 0 Å². The van der Waals surface area contributed by atoms with Crippen LogP contribution in [-0.2, 0) is 10.8 Å². The quantitative estimate of drug-likeness (QED) is 0.134. The lowest BCUT2D eigenvalue weighted by Crippen LogP contribution is -2.55. The number of fused-ring (bicyclic) bond motifs is 25. The fourth-order valence-corrected chi connectivity index (χ4v) is 32.9. The zero-order chi connectivity index (χ0) is 95.7. The van der Waals surface area contributed by atoms with Crippen molar-refractivity contribution < 1.29 is 4.42 Å². The van der Waals surface area contributed by atoms with E-state index in [1.807, 2.05) is 11.3 Å². The summed E-state index contributed by atoms with van der Waals surface area (Å²) in [6.07, 6.45) is 15.4. The monoisotopic (exact) mass is 1900 g/mol. The molecule has 6 heterocycles. The topological polar surface area (TPSA) is 32.9 Å². The molecule has 0 aliphatic heterocycles. The summed E-state index contributed by atoms with van der Waals surface area (Å²) in [5.74, 6) is 6.48. The molecule has 10 aliphatic rings. The zero-order valence-electron chi connectivity index (χ0n) is 81.6. The fourth-order valence-electron chi connectivity index (χ4n) is 31.8. The van der Waals surface area contributed by atoms with Crippen LogP contribution in [-0.4, -0.2) is 18.3 Å². The lowest BCUT2D eigenvalue weighted by molar-refractivity contribution is -0.0399. The Balaban J connectivity index is 0.000000128. The van der Waals surface area contributed by atoms with Crippen molar-refractivity contribution in [2.45, 2.75) is 81.5 Å². The first-order valence-electron chi connectivity index (χ1n) is 53.6. The van der Waals surface area contributed by atoms with Crippen LogP contribution in [0.1, 0.15) is 92.9 Å². The molecule has 6 heteroatoms. The number of aromatic nitrogens is 4. The normalized spacial score (nSPS) is 20.7. The first kappa shape index (κ1) is 83.0. The molecule has 26 aromatic rings. The maximum Gasteiger partial charge on any atom is 0.143 e. The molecule has 8 fully saturated rings. The van der Waals surface area contributed by atoms with E-state index in [4.69, 9.17) is 4.42 Å². The van der Waals surface area contributed by atoms with Gasteiger partial charge in [0.1, 0.15) is 11.2 Å². The first-order valence-corrected chi connectivity index (χ1v) is 54.5. The van der Waals surface area contributed by atoms with Gasteiger partial charge in [-0.05, 0) is 339 Å². The number of hydrogen-bond donors (Lipinski definition) is 0. The molecule has 698 valence electrons. The molecule has 6 aromatic heterocycles. The Morgan fingerprint density at radius 3 is 1.17 bits per heavy atom. The Kier molecular flexibility index (Phi) is 17.8. The van der Waals surface area contributed by atoms with Crippen LogP contribution >= 0.6 is 11.3 Å². The number of furan rings is 1. The second kappa shape index (κ2) is 31.6. The molecule has 5 nitrogen and oxygen atoms in total. The molecular weight excluding hydrogens is 1800 g/mol. The Labute approximate surface area is 856 Å². The highest BCUT2D eigenvalue weighted by Crippen LogP contribution is 2.72. The van der Waals surface area contributed by atoms with E-state index in [0.717, 1.165) is 68.8 Å². The van der Waals surface area contributed by atoms with Gasteiger partial charge in [0.2, 0.25) is 0 Å². The molecular formula is C141H102N4OS. The third-order valence-corrected chi connectivity index (χ3v) is 38.5. The lowest BCUT2D eigenvalue weighted by Gasteiger charge is -2.61. The number of thiophene rings is 1. The van der Waals surface area contributed by atoms with Crippen molar-refractivity contribution in [3.8, 4) is 112 Å². The fraction of sp³-hybridized carbons (Fsp3) is 0.149. The van der Waals surface area contributed by atoms with Gasteiger partial charge in [-0.2, -0.15) is 0 Å². The van der Waals surface area contributed by atoms with Gasteiger partial charge in [0.25, 0.3) is 0 Å². The highest BCUT2D eigenvalue weighted by atomic mass is 32.1. The SMILES string of the molecule is c1ccc(-c2cccc(-n3c4ccccc4c4ccc(-c5ccc6c7ccccc7n(-c7ccc(-c8ccc9c(c8)C8(c%10ccccc%10-9)C9CC%10CC(C9)CC8C%10)c(-c8ccccc8)c7)c6c5)cc43)c2)cc1.c1ccc2c(c1)-c1ccc(-c3cccc4c3oc3cccc(-n5c6ccccc6c6ccc(-c7ccc8c9ccccc9n(-c9ccc%10sc%11ccccc%11c%10c9)c8c7)cc65)c34)cc1C21C2CCC3CC(C2)CC1C3. The lowest BCUT2D eigenvalue weighted by atomic mass is 9.43. The van der Waals surface area contributed by atoms with Gasteiger partial charge in [0, 0.05) is 102 Å². The molecule has 8 saturated carbocycles. The van der Waals surface area contributed by atoms with Gasteiger partial charge in [-0.15, -0.1) is 11.3 Å². The predicted molar refractivity (Wildman–Crippen MR) is 614 cm³/mol. The van der Waals surface area contributed by atoms with Crippen molar-refractivity contribution in [1.82, 2.24) is 18.3 Å². The van der Waals surface area contributed by atoms with Gasteiger partial charge in [-0.1, -0.05) is 322 Å². The van der Waals surface area contributed by atoms with E-state index in [9.17, 15) is 0 Å². The summed E-state index contributed by atoms with van der Waals surface area (Å²) < 4.78 is 19.7. The Bertz CT molecular complexity index is 10100. The number of benzene rings is 20. The van der Waals surface area contributed by atoms with E-state index in [-0.39, 0.29) is 10.8 Å². The highest BCUT2D eigenvalue weighted by Gasteiger charge is 2.63. The molecule has 0 radical (unpaired) electrons. The van der Waals surface area contributed by atoms with Crippen molar-refractivity contribution in [3.05, 3.63) is 459 Å². The standard InChI is InChI=1S/C71H50N2OS.C70H52N2/c1-5-17-59-50(11-1)51-29-26-45(37-60(51)71(59)46-27-23-41-33-42(35-46)36-47(71)34-41)49-15-9-16-57-69-63(20-10-21-66(69)74-70(49)57)73-62-19-7-3-13-53(62)55-31-25-44(39-65(55)73)43-24-30-54-52-12-2-6-18-61(52)72(64(54)38-43)48-28-32-68-58(40-48)56-14-4-8-22-67(56)75-68;1-3-14-46(15-4-1)48-18-13-19-54(39-48)71-66-24-11-8-21-59(66)61-31-26-49(41-68(61)71)50-27-32-62-60-22-9-12-25-67(60)72(69(62)42-50)55-29-33-56(63(43-55)47-16-5-2-6-17-47)51-28-30-58-57-20-7-10-23-64(57)70(65(58)40-51)52-35-44-34-45(37-52)38-53(70)36-44/h1-22,24-26,28-32,37-42,46-47H,23,27,33-36H2;1-33,39-45,52-53H,34-38H2. The second-order valence-electron chi connectivity index (χ2n) is 44.4. The smallest absolute Gasteiger partial charge is 0.143 e. The maximum absolute atomic E-state index is 7.17. The Morgan fingerprint density at radius 1 is 0.204 bits per heavy atom. The summed E-state index contributed by atoms with van der Waals surface area (Å²) in [7, 11) is 0. The predicted octanol–water partition coefficient (Wildman–Crippen LogP) is 37.9. The summed E-state index contributed by atoms with van der Waals surface area (Å²) in [6.45, 7) is 0. The van der Waals surface area contributed by atoms with Crippen LogP contribution in [0.5, 0.6) is 0 Å². The number of nitrogens with zero attached hydrogens (tertiary/aromatic N) is 4. The van der Waals surface area contributed by atoms with Gasteiger partial charge >= 0.3 is 0 Å². The van der Waals surface area contributed by atoms with Gasteiger partial charge in [0.15, 0.2) is 0 Å². The van der Waals surface area contributed by atoms with E-state index in [0.29, 0.717) is 11.8 Å². The van der Waals surface area contributed by atoms with E-state index in [1.54, 1.807) is 22.3 Å². The average molecular weight is 1900 g/mol. The van der Waals surface area contributed by atoms with Crippen LogP contribution in [0.15, 0.2) is 441 Å². The van der Waals surface area contributed by atoms with Crippen LogP contribution in [0.4, 0.5) is 0 Å². The zero-order valence-corrected chi connectivity index (χ0v) is 82.4. The summed E-state index contributed by atoms with van der Waals surface area (Å²) in [5.41, 5.74) is 43.4. The van der Waals surface area contributed by atoms with E-state index < -0.39 is 0 Å². The number of para-hydroxylation sites is 5. The van der Waals surface area contributed by atoms with Crippen molar-refractivity contribution in [2.75, 3.05) is 0 Å². The van der Waals surface area contributed by atoms with Gasteiger partial charge in [-0.25, -0.2) is 0 Å². The molecule has 2 spiro atoms. The minimum atomic E-state index is 0.0941. The van der Waals surface area contributed by atoms with Crippen molar-refractivity contribution in [2.24, 2.45) is 47.3 Å². The van der Waals surface area contributed by atoms with E-state index >= 15 is 0 Å². The minimum Gasteiger partial charge on any atom is -0.455 e. The van der Waals surface area contributed by atoms with E-state index in [1.165, 1.54) is 278 Å². The first-order chi connectivity index (χ1) is 72.8. The molecule has 10 aliphatic carbocycles. The summed E-state index contributed by atoms with van der Waals surface area (Å²) in [4.78, 5) is 0. The van der Waals surface area contributed by atoms with Crippen LogP contribution in [0.3, 0.4) is 0 Å². The van der Waals surface area contributed by atoms with Crippen LogP contribution in [0.2, 0.25) is 0 Å². The Hall–Kier alpha value is -16.4. The molecule has 0 amide bonds. The van der Waals surface area contributed by atoms with Gasteiger partial charge < -0.3 is 22.7 Å². The van der Waals surface area contributed by atoms with Crippen LogP contribution in [0, 0.1) is 47.3 Å². The van der Waals surface area contributed by atoms with Gasteiger partial charge in [0.05, 0.1) is 55.2 Å². The average Bonchev–Trinajstić information content (AvgIpc) is 1.52. The second-order valence-corrected chi connectivity index (χ2v) is 45.4. The Morgan fingerprint density at radius 2 is 0.592 bits per heavy atom. The van der Waals surface area contributed by atoms with Crippen molar-refractivity contribution >= 4 is 141 Å². The molecule has 36 rings (SSSR count). The minimum absolute atomic E-state index is 0.0941. The summed E-state index contributed by atoms with van der Waals surface area (Å²) >= 11 is 1.87. The third-order valence-electron chi connectivity index (χ3n) is 37.3. The molecule has 0 N–H and O–H groups in total. The molecule has 20 aromatic carbocycles. The molecule has 8 bridgehead atoms. The molecule has 147 heavy (non-hydrogen) atoms.